The Morgan fingerprint density at radius 2 is 1.77 bits per heavy atom. The molecule has 0 heterocycles. The van der Waals surface area contributed by atoms with E-state index in [0.29, 0.717) is 24.8 Å². The molecule has 0 spiro atoms. The maximum atomic E-state index is 12.9. The molecule has 116 valence electrons. The van der Waals surface area contributed by atoms with Crippen molar-refractivity contribution in [1.29, 1.82) is 0 Å². The van der Waals surface area contributed by atoms with E-state index in [4.69, 9.17) is 0 Å². The third-order valence-electron chi connectivity index (χ3n) is 4.31. The number of benzene rings is 1. The van der Waals surface area contributed by atoms with E-state index in [1.54, 1.807) is 18.2 Å². The molecule has 5 heteroatoms. The zero-order chi connectivity index (χ0) is 15.7. The van der Waals surface area contributed by atoms with E-state index >= 15 is 0 Å². The molecule has 0 aliphatic heterocycles. The summed E-state index contributed by atoms with van der Waals surface area (Å²) in [5, 5.41) is 10.2. The highest BCUT2D eigenvalue weighted by Gasteiger charge is 2.36. The van der Waals surface area contributed by atoms with Crippen molar-refractivity contribution in [2.45, 2.75) is 37.0 Å². The molecule has 1 atom stereocenters. The smallest absolute Gasteiger partial charge is 0.210 e. The molecule has 0 saturated heterocycles. The Morgan fingerprint density at radius 1 is 1.05 bits per heavy atom. The Morgan fingerprint density at radius 3 is 2.50 bits per heavy atom. The van der Waals surface area contributed by atoms with Gasteiger partial charge in [0.25, 0.3) is 0 Å². The van der Waals surface area contributed by atoms with Crippen LogP contribution in [0.15, 0.2) is 57.5 Å². The van der Waals surface area contributed by atoms with Gasteiger partial charge in [0.1, 0.15) is 10.7 Å². The third-order valence-corrected chi connectivity index (χ3v) is 6.21. The van der Waals surface area contributed by atoms with Crippen LogP contribution in [0.4, 0.5) is 0 Å². The number of carbonyl (C=O) groups is 1. The molecule has 2 aliphatic carbocycles. The van der Waals surface area contributed by atoms with Crippen LogP contribution < -0.4 is 0 Å². The standard InChI is InChI=1S/C17H18O4S/c18-13-6-4-5-12-9-10-16(19)17(15(12)11-13)22(20,21)14-7-2-1-3-8-14/h1-3,7-8,11-12,19H,4-6,9-10H2. The maximum absolute atomic E-state index is 12.9. The Kier molecular flexibility index (Phi) is 3.91. The summed E-state index contributed by atoms with van der Waals surface area (Å²) in [6.07, 6.45) is 4.47. The highest BCUT2D eigenvalue weighted by molar-refractivity contribution is 7.95. The van der Waals surface area contributed by atoms with Crippen LogP contribution in [0.5, 0.6) is 0 Å². The minimum Gasteiger partial charge on any atom is -0.511 e. The average Bonchev–Trinajstić information content (AvgIpc) is 2.68. The van der Waals surface area contributed by atoms with Crippen molar-refractivity contribution in [2.75, 3.05) is 0 Å². The third kappa shape index (κ3) is 2.61. The van der Waals surface area contributed by atoms with Crippen molar-refractivity contribution < 1.29 is 18.3 Å². The molecule has 1 aromatic carbocycles. The first kappa shape index (κ1) is 15.0. The molecular formula is C17H18O4S. The van der Waals surface area contributed by atoms with Gasteiger partial charge in [-0.3, -0.25) is 4.79 Å². The fourth-order valence-corrected chi connectivity index (χ4v) is 4.91. The number of fused-ring (bicyclic) bond motifs is 1. The fraction of sp³-hybridized carbons (Fsp3) is 0.353. The molecule has 3 rings (SSSR count). The second-order valence-electron chi connectivity index (χ2n) is 5.79. The average molecular weight is 318 g/mol. The summed E-state index contributed by atoms with van der Waals surface area (Å²) < 4.78 is 25.8. The summed E-state index contributed by atoms with van der Waals surface area (Å²) in [5.74, 6) is -0.148. The van der Waals surface area contributed by atoms with Crippen molar-refractivity contribution in [3.63, 3.8) is 0 Å². The summed E-state index contributed by atoms with van der Waals surface area (Å²) in [6.45, 7) is 0. The van der Waals surface area contributed by atoms with Gasteiger partial charge < -0.3 is 5.11 Å². The highest BCUT2D eigenvalue weighted by atomic mass is 32.2. The van der Waals surface area contributed by atoms with E-state index in [-0.39, 0.29) is 27.3 Å². The van der Waals surface area contributed by atoms with Gasteiger partial charge in [0.2, 0.25) is 9.84 Å². The predicted octanol–water partition coefficient (Wildman–Crippen LogP) is 3.32. The van der Waals surface area contributed by atoms with Crippen LogP contribution in [0.25, 0.3) is 0 Å². The lowest BCUT2D eigenvalue weighted by molar-refractivity contribution is -0.114. The zero-order valence-corrected chi connectivity index (χ0v) is 13.0. The molecule has 1 N–H and O–H groups in total. The number of carbonyl (C=O) groups excluding carboxylic acids is 1. The summed E-state index contributed by atoms with van der Waals surface area (Å²) in [7, 11) is -3.81. The van der Waals surface area contributed by atoms with Gasteiger partial charge in [0, 0.05) is 12.8 Å². The number of sulfone groups is 1. The molecule has 0 radical (unpaired) electrons. The van der Waals surface area contributed by atoms with Crippen LogP contribution in [0.1, 0.15) is 32.1 Å². The molecule has 2 aliphatic rings. The lowest BCUT2D eigenvalue weighted by atomic mass is 9.85. The Bertz CT molecular complexity index is 757. The monoisotopic (exact) mass is 318 g/mol. The van der Waals surface area contributed by atoms with Crippen LogP contribution in [0, 0.1) is 5.92 Å². The van der Waals surface area contributed by atoms with Crippen LogP contribution >= 0.6 is 0 Å². The second-order valence-corrected chi connectivity index (χ2v) is 7.67. The summed E-state index contributed by atoms with van der Waals surface area (Å²) in [4.78, 5) is 12.0. The quantitative estimate of drug-likeness (QED) is 0.908. The Hall–Kier alpha value is -1.88. The van der Waals surface area contributed by atoms with Crippen LogP contribution in [0.2, 0.25) is 0 Å². The maximum Gasteiger partial charge on any atom is 0.210 e. The number of hydrogen-bond acceptors (Lipinski definition) is 4. The fourth-order valence-electron chi connectivity index (χ4n) is 3.21. The number of aliphatic hydroxyl groups is 1. The van der Waals surface area contributed by atoms with E-state index in [1.807, 2.05) is 0 Å². The van der Waals surface area contributed by atoms with Crippen LogP contribution in [-0.2, 0) is 14.6 Å². The normalized spacial score (nSPS) is 22.8. The van der Waals surface area contributed by atoms with Gasteiger partial charge in [-0.25, -0.2) is 8.42 Å². The first-order valence-corrected chi connectivity index (χ1v) is 8.95. The Labute approximate surface area is 130 Å². The molecule has 1 aromatic rings. The first-order valence-electron chi connectivity index (χ1n) is 7.47. The minimum absolute atomic E-state index is 0.0378. The number of ketones is 1. The number of rotatable bonds is 2. The minimum atomic E-state index is -3.81. The van der Waals surface area contributed by atoms with Crippen LogP contribution in [0.3, 0.4) is 0 Å². The van der Waals surface area contributed by atoms with Gasteiger partial charge in [0.15, 0.2) is 5.78 Å². The largest absolute Gasteiger partial charge is 0.511 e. The second kappa shape index (κ2) is 5.72. The lowest BCUT2D eigenvalue weighted by Crippen LogP contribution is -2.20. The van der Waals surface area contributed by atoms with Gasteiger partial charge in [0.05, 0.1) is 4.90 Å². The highest BCUT2D eigenvalue weighted by Crippen LogP contribution is 2.42. The number of aliphatic hydroxyl groups excluding tert-OH is 1. The van der Waals surface area contributed by atoms with Gasteiger partial charge in [-0.2, -0.15) is 0 Å². The molecule has 0 saturated carbocycles. The molecule has 0 fully saturated rings. The SMILES string of the molecule is O=C1C=C2C(S(=O)(=O)c3ccccc3)=C(O)CCC2CCC1. The van der Waals surface area contributed by atoms with Gasteiger partial charge in [-0.1, -0.05) is 18.2 Å². The van der Waals surface area contributed by atoms with Crippen molar-refractivity contribution in [3.05, 3.63) is 52.6 Å². The number of allylic oxidation sites excluding steroid dienone is 3. The van der Waals surface area contributed by atoms with E-state index in [0.717, 1.165) is 12.8 Å². The molecule has 1 unspecified atom stereocenters. The topological polar surface area (TPSA) is 71.4 Å². The lowest BCUT2D eigenvalue weighted by Gasteiger charge is -2.26. The van der Waals surface area contributed by atoms with E-state index in [9.17, 15) is 18.3 Å². The van der Waals surface area contributed by atoms with Gasteiger partial charge in [-0.05, 0) is 49.0 Å². The molecule has 22 heavy (non-hydrogen) atoms. The molecule has 0 bridgehead atoms. The van der Waals surface area contributed by atoms with Gasteiger partial charge >= 0.3 is 0 Å². The molecular weight excluding hydrogens is 300 g/mol. The summed E-state index contributed by atoms with van der Waals surface area (Å²) in [6, 6.07) is 8.07. The van der Waals surface area contributed by atoms with Crippen molar-refractivity contribution >= 4 is 15.6 Å². The van der Waals surface area contributed by atoms with E-state index in [2.05, 4.69) is 0 Å². The number of hydrogen-bond donors (Lipinski definition) is 1. The van der Waals surface area contributed by atoms with E-state index in [1.165, 1.54) is 18.2 Å². The summed E-state index contributed by atoms with van der Waals surface area (Å²) in [5.41, 5.74) is 0.495. The zero-order valence-electron chi connectivity index (χ0n) is 12.2. The predicted molar refractivity (Wildman–Crippen MR) is 82.9 cm³/mol. The molecule has 0 aromatic heterocycles. The molecule has 4 nitrogen and oxygen atoms in total. The van der Waals surface area contributed by atoms with Crippen LogP contribution in [-0.4, -0.2) is 19.3 Å². The van der Waals surface area contributed by atoms with Gasteiger partial charge in [-0.15, -0.1) is 0 Å². The first-order chi connectivity index (χ1) is 10.5. The summed E-state index contributed by atoms with van der Waals surface area (Å²) >= 11 is 0. The van der Waals surface area contributed by atoms with Crippen molar-refractivity contribution in [3.8, 4) is 0 Å². The van der Waals surface area contributed by atoms with Crippen molar-refractivity contribution in [1.82, 2.24) is 0 Å². The Balaban J connectivity index is 2.16. The van der Waals surface area contributed by atoms with E-state index < -0.39 is 9.84 Å². The molecule has 0 amide bonds. The van der Waals surface area contributed by atoms with Crippen molar-refractivity contribution in [2.24, 2.45) is 5.92 Å².